The van der Waals surface area contributed by atoms with Gasteiger partial charge in [0.25, 0.3) is 0 Å². The number of fused-ring (bicyclic) bond motifs is 1. The number of piperidine rings is 1. The number of hydrogen-bond acceptors (Lipinski definition) is 4. The summed E-state index contributed by atoms with van der Waals surface area (Å²) in [6.07, 6.45) is 3.24. The van der Waals surface area contributed by atoms with Crippen molar-refractivity contribution in [3.63, 3.8) is 0 Å². The number of thioether (sulfide) groups is 1. The molecule has 0 radical (unpaired) electrons. The number of esters is 1. The lowest BCUT2D eigenvalue weighted by Crippen LogP contribution is -2.72. The minimum Gasteiger partial charge on any atom is -0.464 e. The Labute approximate surface area is 158 Å². The molecule has 136 valence electrons. The number of rotatable bonds is 6. The first-order valence-electron chi connectivity index (χ1n) is 8.89. The highest BCUT2D eigenvalue weighted by atomic mass is 35.5. The Kier molecular flexibility index (Phi) is 5.64. The lowest BCUT2D eigenvalue weighted by Gasteiger charge is -2.56. The SMILES string of the molecule is CCCCOC(=O)C1N2C(=O)[C@@H](C)C2CCC1(Cl)Sc1ccccc1. The van der Waals surface area contributed by atoms with E-state index in [1.807, 2.05) is 44.2 Å². The fourth-order valence-corrected chi connectivity index (χ4v) is 5.39. The first-order valence-corrected chi connectivity index (χ1v) is 10.1. The second kappa shape index (κ2) is 7.58. The third kappa shape index (κ3) is 3.54. The Balaban J connectivity index is 1.84. The molecule has 2 saturated heterocycles. The molecule has 25 heavy (non-hydrogen) atoms. The Morgan fingerprint density at radius 3 is 2.80 bits per heavy atom. The monoisotopic (exact) mass is 381 g/mol. The molecule has 4 nitrogen and oxygen atoms in total. The third-order valence-electron chi connectivity index (χ3n) is 5.04. The van der Waals surface area contributed by atoms with Crippen molar-refractivity contribution in [1.82, 2.24) is 4.90 Å². The van der Waals surface area contributed by atoms with E-state index in [0.29, 0.717) is 13.0 Å². The molecule has 2 aliphatic heterocycles. The first-order chi connectivity index (χ1) is 12.0. The second-order valence-corrected chi connectivity index (χ2v) is 9.07. The molecule has 1 amide bonds. The van der Waals surface area contributed by atoms with Crippen LogP contribution in [0.25, 0.3) is 0 Å². The van der Waals surface area contributed by atoms with Gasteiger partial charge >= 0.3 is 5.97 Å². The van der Waals surface area contributed by atoms with Crippen molar-refractivity contribution in [1.29, 1.82) is 0 Å². The quantitative estimate of drug-likeness (QED) is 0.322. The van der Waals surface area contributed by atoms with Gasteiger partial charge in [0, 0.05) is 10.9 Å². The van der Waals surface area contributed by atoms with Crippen molar-refractivity contribution in [2.75, 3.05) is 6.61 Å². The van der Waals surface area contributed by atoms with Crippen LogP contribution in [-0.4, -0.2) is 39.7 Å². The van der Waals surface area contributed by atoms with E-state index in [4.69, 9.17) is 16.3 Å². The molecule has 2 aliphatic rings. The van der Waals surface area contributed by atoms with Crippen LogP contribution in [0.5, 0.6) is 0 Å². The number of carbonyl (C=O) groups excluding carboxylic acids is 2. The summed E-state index contributed by atoms with van der Waals surface area (Å²) < 4.78 is 4.57. The molecule has 0 bridgehead atoms. The Bertz CT molecular complexity index is 641. The highest BCUT2D eigenvalue weighted by molar-refractivity contribution is 8.02. The molecule has 2 fully saturated rings. The van der Waals surface area contributed by atoms with Gasteiger partial charge in [-0.2, -0.15) is 0 Å². The highest BCUT2D eigenvalue weighted by Crippen LogP contribution is 2.52. The van der Waals surface area contributed by atoms with Crippen LogP contribution >= 0.6 is 23.4 Å². The summed E-state index contributed by atoms with van der Waals surface area (Å²) in [6.45, 7) is 4.34. The van der Waals surface area contributed by atoms with E-state index in [9.17, 15) is 9.59 Å². The van der Waals surface area contributed by atoms with Crippen LogP contribution in [0.3, 0.4) is 0 Å². The van der Waals surface area contributed by atoms with E-state index < -0.39 is 10.2 Å². The van der Waals surface area contributed by atoms with E-state index in [1.165, 1.54) is 11.8 Å². The minimum absolute atomic E-state index is 0.000767. The molecule has 1 aromatic carbocycles. The zero-order chi connectivity index (χ0) is 18.0. The van der Waals surface area contributed by atoms with Crippen molar-refractivity contribution < 1.29 is 14.3 Å². The summed E-state index contributed by atoms with van der Waals surface area (Å²) in [5.74, 6) is -0.411. The molecule has 6 heteroatoms. The molecule has 4 atom stereocenters. The van der Waals surface area contributed by atoms with Crippen LogP contribution in [0.15, 0.2) is 35.2 Å². The zero-order valence-corrected chi connectivity index (χ0v) is 16.2. The summed E-state index contributed by atoms with van der Waals surface area (Å²) in [6, 6.07) is 9.14. The number of halogens is 1. The Morgan fingerprint density at radius 2 is 2.12 bits per heavy atom. The molecule has 2 heterocycles. The third-order valence-corrected chi connectivity index (χ3v) is 6.94. The van der Waals surface area contributed by atoms with E-state index in [-0.39, 0.29) is 23.8 Å². The van der Waals surface area contributed by atoms with Gasteiger partial charge in [-0.05, 0) is 31.4 Å². The largest absolute Gasteiger partial charge is 0.464 e. The number of benzene rings is 1. The number of ether oxygens (including phenoxy) is 1. The summed E-state index contributed by atoms with van der Waals surface area (Å²) in [5, 5.41) is 0. The van der Waals surface area contributed by atoms with Crippen molar-refractivity contribution in [2.45, 2.75) is 60.7 Å². The normalized spacial score (nSPS) is 31.2. The van der Waals surface area contributed by atoms with Gasteiger partial charge in [0.15, 0.2) is 6.04 Å². The topological polar surface area (TPSA) is 46.6 Å². The molecule has 3 rings (SSSR count). The molecule has 0 N–H and O–H groups in total. The van der Waals surface area contributed by atoms with Crippen molar-refractivity contribution >= 4 is 35.2 Å². The van der Waals surface area contributed by atoms with Gasteiger partial charge in [-0.25, -0.2) is 4.79 Å². The Hall–Kier alpha value is -1.20. The first kappa shape index (κ1) is 18.6. The van der Waals surface area contributed by atoms with Gasteiger partial charge in [0.1, 0.15) is 4.21 Å². The van der Waals surface area contributed by atoms with Crippen molar-refractivity contribution in [3.05, 3.63) is 30.3 Å². The van der Waals surface area contributed by atoms with Gasteiger partial charge < -0.3 is 9.64 Å². The smallest absolute Gasteiger partial charge is 0.331 e. The summed E-state index contributed by atoms with van der Waals surface area (Å²) in [7, 11) is 0. The van der Waals surface area contributed by atoms with Gasteiger partial charge in [0.05, 0.1) is 12.5 Å². The minimum atomic E-state index is -0.892. The van der Waals surface area contributed by atoms with Crippen LogP contribution in [0.1, 0.15) is 39.5 Å². The van der Waals surface area contributed by atoms with Crippen LogP contribution in [0.2, 0.25) is 0 Å². The number of alkyl halides is 1. The molecule has 0 aromatic heterocycles. The van der Waals surface area contributed by atoms with Gasteiger partial charge in [-0.3, -0.25) is 4.79 Å². The predicted molar refractivity (Wildman–Crippen MR) is 99.6 cm³/mol. The van der Waals surface area contributed by atoms with E-state index in [0.717, 1.165) is 24.2 Å². The Morgan fingerprint density at radius 1 is 1.40 bits per heavy atom. The molecule has 0 aliphatic carbocycles. The zero-order valence-electron chi connectivity index (χ0n) is 14.6. The summed E-state index contributed by atoms with van der Waals surface area (Å²) in [4.78, 5) is 27.9. The standard InChI is InChI=1S/C19H24ClNO3S/c1-3-4-12-24-18(23)16-19(20,25-14-8-6-5-7-9-14)11-10-15-13(2)17(22)21(15)16/h5-9,13,15-16H,3-4,10-12H2,1-2H3/t13-,15?,16?,19?/m0/s1. The van der Waals surface area contributed by atoms with Crippen LogP contribution < -0.4 is 0 Å². The number of β-lactam (4-membered cyclic amide) rings is 1. The van der Waals surface area contributed by atoms with E-state index in [2.05, 4.69) is 0 Å². The lowest BCUT2D eigenvalue weighted by atomic mass is 9.78. The van der Waals surface area contributed by atoms with Gasteiger partial charge in [-0.15, -0.1) is 23.4 Å². The van der Waals surface area contributed by atoms with E-state index in [1.54, 1.807) is 4.90 Å². The molecular weight excluding hydrogens is 358 g/mol. The lowest BCUT2D eigenvalue weighted by molar-refractivity contribution is -0.176. The summed E-state index contributed by atoms with van der Waals surface area (Å²) >= 11 is 8.41. The average molecular weight is 382 g/mol. The molecule has 0 spiro atoms. The van der Waals surface area contributed by atoms with E-state index >= 15 is 0 Å². The maximum Gasteiger partial charge on any atom is 0.331 e. The predicted octanol–water partition coefficient (Wildman–Crippen LogP) is 4.07. The van der Waals surface area contributed by atoms with Crippen LogP contribution in [0.4, 0.5) is 0 Å². The maximum absolute atomic E-state index is 12.8. The van der Waals surface area contributed by atoms with Crippen LogP contribution in [-0.2, 0) is 14.3 Å². The average Bonchev–Trinajstić information content (AvgIpc) is 2.61. The van der Waals surface area contributed by atoms with Gasteiger partial charge in [0.2, 0.25) is 5.91 Å². The van der Waals surface area contributed by atoms with Crippen LogP contribution in [0, 0.1) is 5.92 Å². The molecular formula is C19H24ClNO3S. The number of hydrogen-bond donors (Lipinski definition) is 0. The highest BCUT2D eigenvalue weighted by Gasteiger charge is 2.60. The molecule has 0 saturated carbocycles. The summed E-state index contributed by atoms with van der Waals surface area (Å²) in [5.41, 5.74) is 0. The van der Waals surface area contributed by atoms with Crippen molar-refractivity contribution in [2.24, 2.45) is 5.92 Å². The van der Waals surface area contributed by atoms with Crippen molar-refractivity contribution in [3.8, 4) is 0 Å². The number of unbranched alkanes of at least 4 members (excludes halogenated alkanes) is 1. The fourth-order valence-electron chi connectivity index (χ4n) is 3.60. The fraction of sp³-hybridized carbons (Fsp3) is 0.579. The number of amides is 1. The number of carbonyl (C=O) groups is 2. The number of nitrogens with zero attached hydrogens (tertiary/aromatic N) is 1. The van der Waals surface area contributed by atoms with Gasteiger partial charge in [-0.1, -0.05) is 38.5 Å². The second-order valence-electron chi connectivity index (χ2n) is 6.77. The molecule has 1 aromatic rings. The maximum atomic E-state index is 12.8. The molecule has 3 unspecified atom stereocenters.